The van der Waals surface area contributed by atoms with Crippen LogP contribution in [0, 0.1) is 0 Å². The first-order chi connectivity index (χ1) is 16.8. The number of sulfonamides is 1. The molecule has 1 saturated heterocycles. The Balaban J connectivity index is 1.51. The lowest BCUT2D eigenvalue weighted by atomic mass is 10.0. The number of methoxy groups -OCH3 is 1. The van der Waals surface area contributed by atoms with Crippen LogP contribution in [-0.2, 0) is 21.3 Å². The number of rotatable bonds is 7. The number of ether oxygens (including phenoxy) is 2. The summed E-state index contributed by atoms with van der Waals surface area (Å²) in [7, 11) is -2.09. The zero-order chi connectivity index (χ0) is 24.6. The van der Waals surface area contributed by atoms with E-state index in [4.69, 9.17) is 13.9 Å². The van der Waals surface area contributed by atoms with Crippen LogP contribution in [0.3, 0.4) is 0 Å². The van der Waals surface area contributed by atoms with Gasteiger partial charge >= 0.3 is 0 Å². The van der Waals surface area contributed by atoms with E-state index in [2.05, 4.69) is 36.7 Å². The highest BCUT2D eigenvalue weighted by molar-refractivity contribution is 7.92. The smallest absolute Gasteiger partial charge is 0.238 e. The molecule has 0 saturated carbocycles. The van der Waals surface area contributed by atoms with Crippen molar-refractivity contribution in [3.8, 4) is 28.5 Å². The minimum Gasteiger partial charge on any atom is -0.480 e. The standard InChI is InChI=1S/C23H26N6O5S/c1-14-12-29(4-5-33-14)13-17-10-25-22(34-17)18-6-15(7-20-19(18)11-26-27-20)16-8-21(28-35(3,30)31)23(32-2)24-9-16/h6-11,14,28H,4-5,12-13H2,1-3H3,(H,26,27). The summed E-state index contributed by atoms with van der Waals surface area (Å²) >= 11 is 0. The minimum atomic E-state index is -3.52. The molecule has 3 aromatic heterocycles. The molecule has 1 atom stereocenters. The summed E-state index contributed by atoms with van der Waals surface area (Å²) in [5.41, 5.74) is 3.26. The number of benzene rings is 1. The summed E-state index contributed by atoms with van der Waals surface area (Å²) in [6.45, 7) is 5.09. The molecule has 2 N–H and O–H groups in total. The molecule has 1 aliphatic heterocycles. The molecule has 11 nitrogen and oxygen atoms in total. The van der Waals surface area contributed by atoms with Gasteiger partial charge in [-0.3, -0.25) is 14.7 Å². The lowest BCUT2D eigenvalue weighted by molar-refractivity contribution is -0.0230. The molecule has 4 heterocycles. The Hall–Kier alpha value is -3.48. The minimum absolute atomic E-state index is 0.178. The maximum atomic E-state index is 11.8. The van der Waals surface area contributed by atoms with Crippen LogP contribution in [-0.4, -0.2) is 72.6 Å². The molecule has 0 amide bonds. The maximum Gasteiger partial charge on any atom is 0.238 e. The van der Waals surface area contributed by atoms with Gasteiger partial charge in [-0.1, -0.05) is 0 Å². The van der Waals surface area contributed by atoms with Crippen LogP contribution >= 0.6 is 0 Å². The van der Waals surface area contributed by atoms with Crippen molar-refractivity contribution < 1.29 is 22.3 Å². The van der Waals surface area contributed by atoms with E-state index >= 15 is 0 Å². The van der Waals surface area contributed by atoms with Gasteiger partial charge in [0, 0.05) is 35.8 Å². The highest BCUT2D eigenvalue weighted by Crippen LogP contribution is 2.35. The van der Waals surface area contributed by atoms with Crippen molar-refractivity contribution >= 4 is 26.6 Å². The van der Waals surface area contributed by atoms with Crippen molar-refractivity contribution in [1.82, 2.24) is 25.1 Å². The monoisotopic (exact) mass is 498 g/mol. The molecule has 184 valence electrons. The summed E-state index contributed by atoms with van der Waals surface area (Å²) in [5.74, 6) is 1.42. The summed E-state index contributed by atoms with van der Waals surface area (Å²) < 4.78 is 43.1. The average Bonchev–Trinajstić information content (AvgIpc) is 3.47. The Morgan fingerprint density at radius 3 is 2.83 bits per heavy atom. The maximum absolute atomic E-state index is 11.8. The van der Waals surface area contributed by atoms with Crippen molar-refractivity contribution in [2.24, 2.45) is 0 Å². The van der Waals surface area contributed by atoms with Crippen LogP contribution < -0.4 is 9.46 Å². The molecular formula is C23H26N6O5S. The third kappa shape index (κ3) is 5.14. The number of morpholine rings is 1. The molecule has 12 heteroatoms. The van der Waals surface area contributed by atoms with Crippen molar-refractivity contribution in [1.29, 1.82) is 0 Å². The van der Waals surface area contributed by atoms with Crippen LogP contribution in [0.25, 0.3) is 33.5 Å². The lowest BCUT2D eigenvalue weighted by Crippen LogP contribution is -2.40. The molecule has 1 aromatic carbocycles. The predicted molar refractivity (Wildman–Crippen MR) is 131 cm³/mol. The number of nitrogens with zero attached hydrogens (tertiary/aromatic N) is 4. The van der Waals surface area contributed by atoms with Crippen molar-refractivity contribution in [3.63, 3.8) is 0 Å². The molecule has 0 bridgehead atoms. The number of anilines is 1. The summed E-state index contributed by atoms with van der Waals surface area (Å²) in [5, 5.41) is 8.03. The zero-order valence-electron chi connectivity index (χ0n) is 19.6. The largest absolute Gasteiger partial charge is 0.480 e. The number of H-pyrrole nitrogens is 1. The number of aromatic amines is 1. The van der Waals surface area contributed by atoms with Gasteiger partial charge in [-0.15, -0.1) is 0 Å². The highest BCUT2D eigenvalue weighted by Gasteiger charge is 2.20. The Bertz CT molecular complexity index is 1460. The molecule has 1 aliphatic rings. The molecule has 0 spiro atoms. The third-order valence-corrected chi connectivity index (χ3v) is 6.31. The highest BCUT2D eigenvalue weighted by atomic mass is 32.2. The summed E-state index contributed by atoms with van der Waals surface area (Å²) in [6.07, 6.45) is 6.36. The van der Waals surface area contributed by atoms with Gasteiger partial charge in [-0.25, -0.2) is 18.4 Å². The van der Waals surface area contributed by atoms with Gasteiger partial charge in [0.2, 0.25) is 21.8 Å². The SMILES string of the molecule is COc1ncc(-c2cc(-c3ncc(CN4CCOC(C)C4)o3)c3cn[nH]c3c2)cc1NS(C)(=O)=O. The number of hydrogen-bond donors (Lipinski definition) is 2. The number of nitrogens with one attached hydrogen (secondary N) is 2. The van der Waals surface area contributed by atoms with E-state index in [1.165, 1.54) is 7.11 Å². The topological polar surface area (TPSA) is 135 Å². The van der Waals surface area contributed by atoms with Crippen LogP contribution in [0.4, 0.5) is 5.69 Å². The first kappa shape index (κ1) is 23.3. The number of hydrogen-bond acceptors (Lipinski definition) is 9. The van der Waals surface area contributed by atoms with Gasteiger partial charge in [0.05, 0.1) is 50.5 Å². The van der Waals surface area contributed by atoms with E-state index in [9.17, 15) is 8.42 Å². The van der Waals surface area contributed by atoms with Gasteiger partial charge in [-0.2, -0.15) is 5.10 Å². The van der Waals surface area contributed by atoms with Crippen molar-refractivity contribution in [2.45, 2.75) is 19.6 Å². The molecule has 4 aromatic rings. The zero-order valence-corrected chi connectivity index (χ0v) is 20.4. The van der Waals surface area contributed by atoms with Crippen LogP contribution in [0.5, 0.6) is 5.88 Å². The van der Waals surface area contributed by atoms with Gasteiger partial charge in [0.15, 0.2) is 0 Å². The Morgan fingerprint density at radius 2 is 2.06 bits per heavy atom. The van der Waals surface area contributed by atoms with Crippen molar-refractivity contribution in [2.75, 3.05) is 37.8 Å². The molecule has 1 unspecified atom stereocenters. The van der Waals surface area contributed by atoms with Crippen LogP contribution in [0.2, 0.25) is 0 Å². The molecule has 5 rings (SSSR count). The number of fused-ring (bicyclic) bond motifs is 1. The summed E-state index contributed by atoms with van der Waals surface area (Å²) in [6, 6.07) is 5.52. The molecule has 0 aliphatic carbocycles. The van der Waals surface area contributed by atoms with E-state index in [-0.39, 0.29) is 17.7 Å². The van der Waals surface area contributed by atoms with Crippen molar-refractivity contribution in [3.05, 3.63) is 42.5 Å². The third-order valence-electron chi connectivity index (χ3n) is 5.72. The molecular weight excluding hydrogens is 472 g/mol. The number of oxazole rings is 1. The van der Waals surface area contributed by atoms with Gasteiger partial charge in [-0.05, 0) is 30.7 Å². The average molecular weight is 499 g/mol. The molecule has 1 fully saturated rings. The van der Waals surface area contributed by atoms with Gasteiger partial charge in [0.1, 0.15) is 11.4 Å². The Morgan fingerprint density at radius 1 is 1.20 bits per heavy atom. The number of aromatic nitrogens is 4. The Kier molecular flexibility index (Phi) is 6.17. The van der Waals surface area contributed by atoms with Crippen LogP contribution in [0.1, 0.15) is 12.7 Å². The van der Waals surface area contributed by atoms with E-state index < -0.39 is 10.0 Å². The second-order valence-electron chi connectivity index (χ2n) is 8.56. The normalized spacial score (nSPS) is 17.1. The second-order valence-corrected chi connectivity index (χ2v) is 10.3. The first-order valence-corrected chi connectivity index (χ1v) is 13.0. The van der Waals surface area contributed by atoms with E-state index in [1.807, 2.05) is 12.1 Å². The first-order valence-electron chi connectivity index (χ1n) is 11.1. The molecule has 0 radical (unpaired) electrons. The lowest BCUT2D eigenvalue weighted by Gasteiger charge is -2.30. The molecule has 35 heavy (non-hydrogen) atoms. The van der Waals surface area contributed by atoms with Gasteiger partial charge < -0.3 is 13.9 Å². The fourth-order valence-electron chi connectivity index (χ4n) is 4.20. The Labute approximate surface area is 202 Å². The predicted octanol–water partition coefficient (Wildman–Crippen LogP) is 2.88. The van der Waals surface area contributed by atoms with Crippen LogP contribution in [0.15, 0.2) is 41.2 Å². The van der Waals surface area contributed by atoms with E-state index in [0.717, 1.165) is 47.1 Å². The van der Waals surface area contributed by atoms with E-state index in [0.29, 0.717) is 24.6 Å². The van der Waals surface area contributed by atoms with E-state index in [1.54, 1.807) is 24.7 Å². The quantitative estimate of drug-likeness (QED) is 0.394. The fourth-order valence-corrected chi connectivity index (χ4v) is 4.75. The fraction of sp³-hybridized carbons (Fsp3) is 0.348. The van der Waals surface area contributed by atoms with Gasteiger partial charge in [0.25, 0.3) is 0 Å². The summed E-state index contributed by atoms with van der Waals surface area (Å²) in [4.78, 5) is 11.1. The number of pyridine rings is 1. The second kappa shape index (κ2) is 9.29.